The minimum Gasteiger partial charge on any atom is -0.491 e. The quantitative estimate of drug-likeness (QED) is 0.661. The highest BCUT2D eigenvalue weighted by Gasteiger charge is 2.23. The van der Waals surface area contributed by atoms with Gasteiger partial charge in [0, 0.05) is 18.9 Å². The predicted molar refractivity (Wildman–Crippen MR) is 108 cm³/mol. The van der Waals surface area contributed by atoms with Crippen molar-refractivity contribution in [1.29, 1.82) is 0 Å². The van der Waals surface area contributed by atoms with Crippen molar-refractivity contribution in [2.24, 2.45) is 11.1 Å². The average Bonchev–Trinajstić information content (AvgIpc) is 2.68. The van der Waals surface area contributed by atoms with Crippen molar-refractivity contribution in [1.82, 2.24) is 14.9 Å². The van der Waals surface area contributed by atoms with E-state index in [0.29, 0.717) is 29.8 Å². The summed E-state index contributed by atoms with van der Waals surface area (Å²) in [6, 6.07) is 7.09. The molecule has 1 aromatic carbocycles. The fourth-order valence-electron chi connectivity index (χ4n) is 3.22. The molecule has 7 nitrogen and oxygen atoms in total. The van der Waals surface area contributed by atoms with Crippen LogP contribution in [0.25, 0.3) is 0 Å². The van der Waals surface area contributed by atoms with Gasteiger partial charge >= 0.3 is 0 Å². The lowest BCUT2D eigenvalue weighted by atomic mass is 9.97. The number of hydrogen-bond acceptors (Lipinski definition) is 7. The summed E-state index contributed by atoms with van der Waals surface area (Å²) in [4.78, 5) is 22.1. The number of piperidine rings is 1. The molecule has 28 heavy (non-hydrogen) atoms. The average molecular weight is 384 g/mol. The molecule has 7 heteroatoms. The first-order valence-corrected chi connectivity index (χ1v) is 9.71. The largest absolute Gasteiger partial charge is 0.491 e. The number of ether oxygens (including phenoxy) is 2. The van der Waals surface area contributed by atoms with Gasteiger partial charge in [-0.2, -0.15) is 0 Å². The summed E-state index contributed by atoms with van der Waals surface area (Å²) in [5.41, 5.74) is 0.925. The highest BCUT2D eigenvalue weighted by molar-refractivity contribution is 5.50. The first kappa shape index (κ1) is 20.2. The van der Waals surface area contributed by atoms with E-state index in [1.165, 1.54) is 0 Å². The van der Waals surface area contributed by atoms with Crippen molar-refractivity contribution >= 4 is 5.69 Å². The molecular formula is C21H28N4O3. The summed E-state index contributed by atoms with van der Waals surface area (Å²) < 4.78 is 11.8. The number of aromatic nitrogens is 2. The van der Waals surface area contributed by atoms with Gasteiger partial charge in [-0.3, -0.25) is 9.88 Å². The van der Waals surface area contributed by atoms with Crippen molar-refractivity contribution in [3.05, 3.63) is 47.3 Å². The predicted octanol–water partition coefficient (Wildman–Crippen LogP) is 4.34. The Bertz CT molecular complexity index is 783. The Kier molecular flexibility index (Phi) is 6.57. The molecule has 0 amide bonds. The third-order valence-electron chi connectivity index (χ3n) is 4.66. The van der Waals surface area contributed by atoms with E-state index >= 15 is 0 Å². The summed E-state index contributed by atoms with van der Waals surface area (Å²) in [6.45, 7) is 9.29. The molecule has 0 radical (unpaired) electrons. The van der Waals surface area contributed by atoms with Crippen molar-refractivity contribution in [2.75, 3.05) is 19.7 Å². The Morgan fingerprint density at radius 2 is 1.86 bits per heavy atom. The van der Waals surface area contributed by atoms with Gasteiger partial charge in [0.25, 0.3) is 0 Å². The number of rotatable bonds is 7. The first-order chi connectivity index (χ1) is 13.4. The van der Waals surface area contributed by atoms with Gasteiger partial charge in [-0.05, 0) is 69.9 Å². The van der Waals surface area contributed by atoms with Crippen molar-refractivity contribution in [2.45, 2.75) is 45.8 Å². The Hall–Kier alpha value is -2.54. The van der Waals surface area contributed by atoms with E-state index < -0.39 is 0 Å². The molecule has 0 unspecified atom stereocenters. The van der Waals surface area contributed by atoms with Gasteiger partial charge in [0.2, 0.25) is 5.88 Å². The summed E-state index contributed by atoms with van der Waals surface area (Å²) in [5.74, 6) is 1.63. The van der Waals surface area contributed by atoms with Crippen LogP contribution in [-0.4, -0.2) is 40.2 Å². The summed E-state index contributed by atoms with van der Waals surface area (Å²) in [7, 11) is 0. The second-order valence-electron chi connectivity index (χ2n) is 8.11. The van der Waals surface area contributed by atoms with Crippen LogP contribution in [0, 0.1) is 10.8 Å². The summed E-state index contributed by atoms with van der Waals surface area (Å²) >= 11 is 0. The molecule has 0 aliphatic carbocycles. The maximum atomic E-state index is 10.9. The molecule has 2 aromatic rings. The molecule has 0 atom stereocenters. The Balaban J connectivity index is 1.50. The fraction of sp³-hybridized carbons (Fsp3) is 0.524. The minimum absolute atomic E-state index is 0.304. The monoisotopic (exact) mass is 384 g/mol. The second-order valence-corrected chi connectivity index (χ2v) is 8.11. The van der Waals surface area contributed by atoms with Crippen LogP contribution in [0.3, 0.4) is 0 Å². The number of nitrogens with zero attached hydrogens (tertiary/aromatic N) is 4. The SMILES string of the molecule is CC(C)(C)Oc1nccnc1CN1CCC(COc2ccccc2N=O)CC1. The van der Waals surface area contributed by atoms with Crippen LogP contribution in [0.1, 0.15) is 39.3 Å². The normalized spacial score (nSPS) is 16.0. The number of hydrogen-bond donors (Lipinski definition) is 0. The van der Waals surface area contributed by atoms with E-state index in [2.05, 4.69) is 20.0 Å². The summed E-state index contributed by atoms with van der Waals surface area (Å²) in [6.07, 6.45) is 5.45. The van der Waals surface area contributed by atoms with Crippen molar-refractivity contribution in [3.63, 3.8) is 0 Å². The lowest BCUT2D eigenvalue weighted by Crippen LogP contribution is -2.35. The molecule has 0 bridgehead atoms. The topological polar surface area (TPSA) is 76.9 Å². The zero-order chi connectivity index (χ0) is 20.0. The van der Waals surface area contributed by atoms with Gasteiger partial charge in [-0.1, -0.05) is 12.1 Å². The van der Waals surface area contributed by atoms with E-state index in [-0.39, 0.29) is 5.60 Å². The maximum absolute atomic E-state index is 10.9. The lowest BCUT2D eigenvalue weighted by Gasteiger charge is -2.32. The number of benzene rings is 1. The Morgan fingerprint density at radius 1 is 1.14 bits per heavy atom. The zero-order valence-corrected chi connectivity index (χ0v) is 16.8. The molecule has 0 spiro atoms. The van der Waals surface area contributed by atoms with Crippen LogP contribution in [0.4, 0.5) is 5.69 Å². The molecule has 1 saturated heterocycles. The molecule has 1 aromatic heterocycles. The minimum atomic E-state index is -0.304. The highest BCUT2D eigenvalue weighted by Crippen LogP contribution is 2.28. The van der Waals surface area contributed by atoms with Crippen LogP contribution < -0.4 is 9.47 Å². The fourth-order valence-corrected chi connectivity index (χ4v) is 3.22. The molecule has 3 rings (SSSR count). The first-order valence-electron chi connectivity index (χ1n) is 9.71. The molecule has 1 fully saturated rings. The molecule has 0 N–H and O–H groups in total. The van der Waals surface area contributed by atoms with E-state index in [0.717, 1.165) is 38.2 Å². The van der Waals surface area contributed by atoms with Gasteiger partial charge in [0.1, 0.15) is 22.7 Å². The smallest absolute Gasteiger partial charge is 0.237 e. The van der Waals surface area contributed by atoms with Crippen molar-refractivity contribution in [3.8, 4) is 11.6 Å². The Morgan fingerprint density at radius 3 is 2.57 bits per heavy atom. The van der Waals surface area contributed by atoms with E-state index in [1.807, 2.05) is 26.8 Å². The van der Waals surface area contributed by atoms with E-state index in [4.69, 9.17) is 9.47 Å². The molecule has 150 valence electrons. The third kappa shape index (κ3) is 5.73. The van der Waals surface area contributed by atoms with Crippen LogP contribution in [-0.2, 0) is 6.54 Å². The van der Waals surface area contributed by atoms with Gasteiger partial charge in [0.15, 0.2) is 0 Å². The highest BCUT2D eigenvalue weighted by atomic mass is 16.5. The van der Waals surface area contributed by atoms with Crippen LogP contribution in [0.5, 0.6) is 11.6 Å². The van der Waals surface area contributed by atoms with Gasteiger partial charge in [-0.25, -0.2) is 4.98 Å². The Labute approximate surface area is 166 Å². The van der Waals surface area contributed by atoms with Crippen LogP contribution in [0.15, 0.2) is 41.8 Å². The van der Waals surface area contributed by atoms with Crippen LogP contribution in [0.2, 0.25) is 0 Å². The van der Waals surface area contributed by atoms with Gasteiger partial charge in [0.05, 0.1) is 6.61 Å². The molecule has 2 heterocycles. The summed E-state index contributed by atoms with van der Waals surface area (Å²) in [5, 5.41) is 3.02. The number of likely N-dealkylation sites (tertiary alicyclic amines) is 1. The standard InChI is InChI=1S/C21H28N4O3/c1-21(2,3)28-20-18(22-10-11-23-20)14-25-12-8-16(9-13-25)15-27-19-7-5-4-6-17(19)24-26/h4-7,10-11,16H,8-9,12-15H2,1-3H3. The molecule has 1 aliphatic rings. The van der Waals surface area contributed by atoms with Crippen LogP contribution >= 0.6 is 0 Å². The lowest BCUT2D eigenvalue weighted by molar-refractivity contribution is 0.112. The second kappa shape index (κ2) is 9.10. The molecule has 1 aliphatic heterocycles. The van der Waals surface area contributed by atoms with Gasteiger partial charge in [-0.15, -0.1) is 4.91 Å². The van der Waals surface area contributed by atoms with E-state index in [9.17, 15) is 4.91 Å². The molecule has 0 saturated carbocycles. The number of para-hydroxylation sites is 1. The number of nitroso groups, excluding NO2 is 1. The third-order valence-corrected chi connectivity index (χ3v) is 4.66. The molecular weight excluding hydrogens is 356 g/mol. The van der Waals surface area contributed by atoms with Gasteiger partial charge < -0.3 is 9.47 Å². The maximum Gasteiger partial charge on any atom is 0.237 e. The van der Waals surface area contributed by atoms with Crippen molar-refractivity contribution < 1.29 is 9.47 Å². The van der Waals surface area contributed by atoms with E-state index in [1.54, 1.807) is 30.6 Å². The zero-order valence-electron chi connectivity index (χ0n) is 16.8.